The van der Waals surface area contributed by atoms with Crippen LogP contribution in [0.25, 0.3) is 0 Å². The molecule has 1 aromatic heterocycles. The van der Waals surface area contributed by atoms with Crippen molar-refractivity contribution >= 4 is 29.0 Å². The van der Waals surface area contributed by atoms with Gasteiger partial charge in [0.25, 0.3) is 5.91 Å². The first kappa shape index (κ1) is 16.4. The van der Waals surface area contributed by atoms with E-state index in [2.05, 4.69) is 23.4 Å². The average molecular weight is 322 g/mol. The molecular formula is C16H22N2OS2. The first-order valence-corrected chi connectivity index (χ1v) is 9.40. The number of rotatable bonds is 4. The fraction of sp³-hybridized carbons (Fsp3) is 0.562. The molecule has 0 radical (unpaired) electrons. The van der Waals surface area contributed by atoms with Crippen LogP contribution in [0.2, 0.25) is 0 Å². The summed E-state index contributed by atoms with van der Waals surface area (Å²) in [6, 6.07) is 1.84. The van der Waals surface area contributed by atoms with E-state index in [4.69, 9.17) is 5.73 Å². The highest BCUT2D eigenvalue weighted by Crippen LogP contribution is 2.38. The summed E-state index contributed by atoms with van der Waals surface area (Å²) in [5, 5.41) is 4.97. The van der Waals surface area contributed by atoms with Gasteiger partial charge in [-0.25, -0.2) is 0 Å². The van der Waals surface area contributed by atoms with E-state index in [1.807, 2.05) is 23.2 Å². The van der Waals surface area contributed by atoms with Crippen LogP contribution in [0.4, 0.5) is 0 Å². The second-order valence-electron chi connectivity index (χ2n) is 5.34. The maximum Gasteiger partial charge on any atom is 0.252 e. The van der Waals surface area contributed by atoms with Crippen molar-refractivity contribution in [3.05, 3.63) is 21.9 Å². The van der Waals surface area contributed by atoms with Gasteiger partial charge < -0.3 is 11.1 Å². The highest BCUT2D eigenvalue weighted by Gasteiger charge is 2.31. The molecule has 114 valence electrons. The molecule has 1 fully saturated rings. The largest absolute Gasteiger partial charge is 0.351 e. The zero-order valence-electron chi connectivity index (χ0n) is 12.4. The first-order valence-electron chi connectivity index (χ1n) is 7.30. The van der Waals surface area contributed by atoms with Gasteiger partial charge in [-0.3, -0.25) is 4.79 Å². The standard InChI is InChI=1S/C16H22N2OS2/c1-20-16(7-3-2-4-8-16)12-18-15(19)13-10-14(21-11-13)6-5-9-17/h10-11H,2-4,7-9,12,17H2,1H3,(H,18,19). The molecule has 5 heteroatoms. The molecule has 1 aliphatic carbocycles. The second-order valence-corrected chi connectivity index (χ2v) is 7.52. The van der Waals surface area contributed by atoms with Gasteiger partial charge in [0.2, 0.25) is 0 Å². The van der Waals surface area contributed by atoms with Gasteiger partial charge in [0, 0.05) is 16.7 Å². The third kappa shape index (κ3) is 4.50. The Morgan fingerprint density at radius 1 is 1.48 bits per heavy atom. The van der Waals surface area contributed by atoms with Crippen molar-refractivity contribution in [3.63, 3.8) is 0 Å². The van der Waals surface area contributed by atoms with Crippen molar-refractivity contribution in [1.82, 2.24) is 5.32 Å². The Kier molecular flexibility index (Phi) is 6.16. The molecule has 2 rings (SSSR count). The maximum atomic E-state index is 12.2. The third-order valence-electron chi connectivity index (χ3n) is 3.94. The lowest BCUT2D eigenvalue weighted by Gasteiger charge is -2.35. The molecule has 0 bridgehead atoms. The summed E-state index contributed by atoms with van der Waals surface area (Å²) < 4.78 is 0.228. The summed E-state index contributed by atoms with van der Waals surface area (Å²) in [5.41, 5.74) is 6.05. The van der Waals surface area contributed by atoms with Crippen LogP contribution in [-0.2, 0) is 0 Å². The first-order chi connectivity index (χ1) is 10.2. The Morgan fingerprint density at radius 3 is 2.90 bits per heavy atom. The number of carbonyl (C=O) groups is 1. The molecule has 21 heavy (non-hydrogen) atoms. The van der Waals surface area contributed by atoms with Gasteiger partial charge in [-0.05, 0) is 25.2 Å². The van der Waals surface area contributed by atoms with Crippen LogP contribution in [0, 0.1) is 11.8 Å². The van der Waals surface area contributed by atoms with Crippen LogP contribution < -0.4 is 11.1 Å². The topological polar surface area (TPSA) is 55.1 Å². The van der Waals surface area contributed by atoms with Crippen molar-refractivity contribution in [3.8, 4) is 11.8 Å². The second kappa shape index (κ2) is 7.88. The van der Waals surface area contributed by atoms with Crippen molar-refractivity contribution in [1.29, 1.82) is 0 Å². The third-order valence-corrected chi connectivity index (χ3v) is 6.21. The zero-order chi connectivity index (χ0) is 15.1. The van der Waals surface area contributed by atoms with E-state index in [0.29, 0.717) is 12.1 Å². The van der Waals surface area contributed by atoms with Crippen LogP contribution in [0.3, 0.4) is 0 Å². The molecule has 1 aromatic rings. The van der Waals surface area contributed by atoms with E-state index < -0.39 is 0 Å². The Balaban J connectivity index is 1.93. The van der Waals surface area contributed by atoms with Crippen LogP contribution in [0.5, 0.6) is 0 Å². The Bertz CT molecular complexity index is 536. The number of nitrogens with two attached hydrogens (primary N) is 1. The smallest absolute Gasteiger partial charge is 0.252 e. The van der Waals surface area contributed by atoms with Crippen molar-refractivity contribution in [2.45, 2.75) is 36.9 Å². The molecule has 0 unspecified atom stereocenters. The summed E-state index contributed by atoms with van der Waals surface area (Å²) in [6.07, 6.45) is 8.42. The number of hydrogen-bond donors (Lipinski definition) is 2. The number of nitrogens with one attached hydrogen (secondary N) is 1. The van der Waals surface area contributed by atoms with E-state index in [-0.39, 0.29) is 10.7 Å². The Hall–Kier alpha value is -0.960. The Morgan fingerprint density at radius 2 is 2.24 bits per heavy atom. The lowest BCUT2D eigenvalue weighted by Crippen LogP contribution is -2.41. The number of amides is 1. The molecule has 0 aromatic carbocycles. The van der Waals surface area contributed by atoms with E-state index in [9.17, 15) is 4.79 Å². The normalized spacial score (nSPS) is 16.9. The predicted molar refractivity (Wildman–Crippen MR) is 91.9 cm³/mol. The summed E-state index contributed by atoms with van der Waals surface area (Å²) in [4.78, 5) is 13.1. The van der Waals surface area contributed by atoms with Gasteiger partial charge in [0.1, 0.15) is 0 Å². The van der Waals surface area contributed by atoms with Gasteiger partial charge in [-0.15, -0.1) is 11.3 Å². The number of carbonyl (C=O) groups excluding carboxylic acids is 1. The molecule has 0 aliphatic heterocycles. The minimum atomic E-state index is 0.00560. The molecule has 1 aliphatic rings. The van der Waals surface area contributed by atoms with E-state index in [1.165, 1.54) is 43.4 Å². The van der Waals surface area contributed by atoms with Crippen LogP contribution in [0.15, 0.2) is 11.4 Å². The molecule has 1 heterocycles. The van der Waals surface area contributed by atoms with E-state index in [0.717, 1.165) is 11.4 Å². The molecule has 0 spiro atoms. The van der Waals surface area contributed by atoms with Crippen molar-refractivity contribution < 1.29 is 4.79 Å². The highest BCUT2D eigenvalue weighted by molar-refractivity contribution is 8.00. The Labute approximate surface area is 135 Å². The fourth-order valence-corrected chi connectivity index (χ4v) is 4.32. The summed E-state index contributed by atoms with van der Waals surface area (Å²) in [6.45, 7) is 1.10. The van der Waals surface area contributed by atoms with E-state index >= 15 is 0 Å². The van der Waals surface area contributed by atoms with Crippen LogP contribution in [0.1, 0.15) is 47.3 Å². The molecule has 3 N–H and O–H groups in total. The number of thioether (sulfide) groups is 1. The van der Waals surface area contributed by atoms with Gasteiger partial charge in [0.15, 0.2) is 0 Å². The fourth-order valence-electron chi connectivity index (χ4n) is 2.65. The molecule has 0 atom stereocenters. The highest BCUT2D eigenvalue weighted by atomic mass is 32.2. The van der Waals surface area contributed by atoms with Gasteiger partial charge in [-0.1, -0.05) is 31.1 Å². The minimum absolute atomic E-state index is 0.00560. The van der Waals surface area contributed by atoms with E-state index in [1.54, 1.807) is 0 Å². The molecule has 3 nitrogen and oxygen atoms in total. The van der Waals surface area contributed by atoms with Gasteiger partial charge in [-0.2, -0.15) is 11.8 Å². The van der Waals surface area contributed by atoms with Gasteiger partial charge >= 0.3 is 0 Å². The van der Waals surface area contributed by atoms with Crippen molar-refractivity contribution in [2.24, 2.45) is 5.73 Å². The number of hydrogen-bond acceptors (Lipinski definition) is 4. The summed E-state index contributed by atoms with van der Waals surface area (Å²) in [5.74, 6) is 5.78. The molecule has 1 saturated carbocycles. The summed E-state index contributed by atoms with van der Waals surface area (Å²) >= 11 is 3.39. The summed E-state index contributed by atoms with van der Waals surface area (Å²) in [7, 11) is 0. The van der Waals surface area contributed by atoms with Gasteiger partial charge in [0.05, 0.1) is 17.0 Å². The SMILES string of the molecule is CSC1(CNC(=O)c2csc(C#CCN)c2)CCCCC1. The van der Waals surface area contributed by atoms with Crippen LogP contribution in [-0.4, -0.2) is 30.0 Å². The number of thiophene rings is 1. The molecule has 1 amide bonds. The monoisotopic (exact) mass is 322 g/mol. The minimum Gasteiger partial charge on any atom is -0.351 e. The maximum absolute atomic E-state index is 12.2. The lowest BCUT2D eigenvalue weighted by atomic mass is 9.88. The van der Waals surface area contributed by atoms with Crippen LogP contribution >= 0.6 is 23.1 Å². The lowest BCUT2D eigenvalue weighted by molar-refractivity contribution is 0.0947. The molecule has 0 saturated heterocycles. The van der Waals surface area contributed by atoms with Crippen molar-refractivity contribution in [2.75, 3.05) is 19.3 Å². The predicted octanol–water partition coefficient (Wildman–Crippen LogP) is 2.85. The quantitative estimate of drug-likeness (QED) is 0.838. The average Bonchev–Trinajstić information content (AvgIpc) is 3.00. The zero-order valence-corrected chi connectivity index (χ0v) is 14.0. The molecular weight excluding hydrogens is 300 g/mol.